The van der Waals surface area contributed by atoms with E-state index >= 15 is 0 Å². The summed E-state index contributed by atoms with van der Waals surface area (Å²) in [5, 5.41) is 17.6. The van der Waals surface area contributed by atoms with Crippen LogP contribution in [0.2, 0.25) is 0 Å². The topological polar surface area (TPSA) is 163 Å². The number of rotatable bonds is 17. The third-order valence-electron chi connectivity index (χ3n) is 11.2. The summed E-state index contributed by atoms with van der Waals surface area (Å²) in [6.07, 6.45) is -7.75. The van der Waals surface area contributed by atoms with Crippen molar-refractivity contribution in [3.8, 4) is 45.9 Å². The minimum atomic E-state index is -4.34. The number of hydrogen-bond donors (Lipinski definition) is 4. The van der Waals surface area contributed by atoms with E-state index in [1.54, 1.807) is 52.5 Å². The standard InChI is InChI=1S/C27H26F4N4O3.C25H21F4N3O4/c1-4-32-26(36)20-7-5-17(11-16(20)2)35-15-34-25-22(33-10-9-27(29,30)31)13-19(14-23(25)35)38-18-6-8-24(37-3)21(28)12-18;1-14-9-15(3-5-18(14)24(33)34)32-13-31-23-20(30-8-7-25(27,28)29)11-17(12-21(23)32)36-16-4-6-22(35-2)19(26)10-16/h5-8,11-15,33H,4,9-10H2,1-3H3,(H,32,36);3-6,9-13,30H,7-8H2,1-2H3,(H,33,34). The second-order valence-corrected chi connectivity index (χ2v) is 16.5. The first kappa shape index (κ1) is 53.2. The van der Waals surface area contributed by atoms with Gasteiger partial charge in [0.15, 0.2) is 23.1 Å². The highest BCUT2D eigenvalue weighted by Crippen LogP contribution is 2.37. The van der Waals surface area contributed by atoms with E-state index in [0.717, 1.165) is 17.7 Å². The highest BCUT2D eigenvalue weighted by molar-refractivity contribution is 5.96. The van der Waals surface area contributed by atoms with Gasteiger partial charge >= 0.3 is 18.3 Å². The molecule has 8 aromatic rings. The first-order valence-corrected chi connectivity index (χ1v) is 22.5. The Morgan fingerprint density at radius 2 is 1.03 bits per heavy atom. The number of anilines is 2. The number of alkyl halides is 6. The number of amides is 1. The normalized spacial score (nSPS) is 11.5. The number of imidazole rings is 2. The molecule has 0 unspecified atom stereocenters. The summed E-state index contributed by atoms with van der Waals surface area (Å²) in [6, 6.07) is 24.4. The molecule has 0 saturated carbocycles. The van der Waals surface area contributed by atoms with Crippen molar-refractivity contribution in [3.05, 3.63) is 144 Å². The summed E-state index contributed by atoms with van der Waals surface area (Å²) in [7, 11) is 2.68. The Morgan fingerprint density at radius 1 is 0.595 bits per heavy atom. The monoisotopic (exact) mass is 1030 g/mol. The first-order valence-electron chi connectivity index (χ1n) is 22.5. The minimum Gasteiger partial charge on any atom is -0.494 e. The largest absolute Gasteiger partial charge is 0.494 e. The molecule has 0 aliphatic carbocycles. The number of halogens is 8. The predicted molar refractivity (Wildman–Crippen MR) is 261 cm³/mol. The molecule has 1 amide bonds. The molecule has 2 aromatic heterocycles. The molecule has 6 aromatic carbocycles. The van der Waals surface area contributed by atoms with Crippen LogP contribution in [0.15, 0.2) is 110 Å². The molecule has 74 heavy (non-hydrogen) atoms. The molecule has 0 bridgehead atoms. The van der Waals surface area contributed by atoms with Crippen LogP contribution in [0.25, 0.3) is 33.4 Å². The Kier molecular flexibility index (Phi) is 16.2. The summed E-state index contributed by atoms with van der Waals surface area (Å²) in [6.45, 7) is 5.04. The molecule has 0 spiro atoms. The summed E-state index contributed by atoms with van der Waals surface area (Å²) < 4.78 is 130. The lowest BCUT2D eigenvalue weighted by Gasteiger charge is -2.14. The number of ether oxygens (including phenoxy) is 4. The number of benzene rings is 6. The van der Waals surface area contributed by atoms with E-state index in [1.165, 1.54) is 69.3 Å². The number of carbonyl (C=O) groups excluding carboxylic acids is 1. The number of carboxylic acids is 1. The van der Waals surface area contributed by atoms with Crippen LogP contribution in [0.3, 0.4) is 0 Å². The lowest BCUT2D eigenvalue weighted by molar-refractivity contribution is -0.132. The van der Waals surface area contributed by atoms with Gasteiger partial charge in [-0.2, -0.15) is 26.3 Å². The molecule has 22 heteroatoms. The maximum atomic E-state index is 14.2. The highest BCUT2D eigenvalue weighted by atomic mass is 19.4. The van der Waals surface area contributed by atoms with E-state index < -0.39 is 49.3 Å². The molecule has 0 saturated heterocycles. The zero-order valence-corrected chi connectivity index (χ0v) is 40.1. The zero-order chi connectivity index (χ0) is 53.5. The summed E-state index contributed by atoms with van der Waals surface area (Å²) in [4.78, 5) is 32.4. The van der Waals surface area contributed by atoms with Crippen molar-refractivity contribution in [3.63, 3.8) is 0 Å². The van der Waals surface area contributed by atoms with Gasteiger partial charge in [-0.25, -0.2) is 23.5 Å². The van der Waals surface area contributed by atoms with Crippen LogP contribution >= 0.6 is 0 Å². The van der Waals surface area contributed by atoms with Crippen LogP contribution in [0.5, 0.6) is 34.5 Å². The molecular weight excluding hydrogens is 987 g/mol. The Bertz CT molecular complexity index is 3340. The molecule has 388 valence electrons. The Hall–Kier alpha value is -8.56. The van der Waals surface area contributed by atoms with Gasteiger partial charge in [0.1, 0.15) is 46.7 Å². The fourth-order valence-electron chi connectivity index (χ4n) is 7.70. The molecule has 0 radical (unpaired) electrons. The van der Waals surface area contributed by atoms with Crippen molar-refractivity contribution in [1.29, 1.82) is 0 Å². The van der Waals surface area contributed by atoms with Crippen LogP contribution in [0.4, 0.5) is 46.5 Å². The number of nitrogens with one attached hydrogen (secondary N) is 3. The third kappa shape index (κ3) is 12.9. The van der Waals surface area contributed by atoms with Gasteiger partial charge in [-0.1, -0.05) is 0 Å². The summed E-state index contributed by atoms with van der Waals surface area (Å²) in [5.41, 5.74) is 5.64. The number of carboxylic acid groups (broad SMARTS) is 1. The molecule has 8 rings (SSSR count). The lowest BCUT2D eigenvalue weighted by Crippen LogP contribution is -2.23. The SMILES string of the molecule is CCNC(=O)c1ccc(-n2cnc3c(NCCC(F)(F)F)cc(Oc4ccc(OC)c(F)c4)cc32)cc1C.COc1ccc(Oc2cc(NCCC(F)(F)F)c3ncn(-c4ccc(C(=O)O)c(C)c4)c3c2)cc1F. The van der Waals surface area contributed by atoms with Crippen LogP contribution < -0.4 is 34.9 Å². The van der Waals surface area contributed by atoms with Gasteiger partial charge in [-0.3, -0.25) is 13.9 Å². The maximum absolute atomic E-state index is 14.2. The van der Waals surface area contributed by atoms with Gasteiger partial charge in [-0.15, -0.1) is 0 Å². The van der Waals surface area contributed by atoms with Gasteiger partial charge in [0.05, 0.1) is 55.0 Å². The fourth-order valence-corrected chi connectivity index (χ4v) is 7.70. The van der Waals surface area contributed by atoms with Gasteiger partial charge in [0, 0.05) is 73.0 Å². The van der Waals surface area contributed by atoms with E-state index in [4.69, 9.17) is 18.9 Å². The van der Waals surface area contributed by atoms with Crippen molar-refractivity contribution in [2.24, 2.45) is 0 Å². The fraction of sp³-hybridized carbons (Fsp3) is 0.231. The predicted octanol–water partition coefficient (Wildman–Crippen LogP) is 12.7. The first-order chi connectivity index (χ1) is 35.1. The van der Waals surface area contributed by atoms with E-state index in [-0.39, 0.29) is 52.5 Å². The quantitative estimate of drug-likeness (QED) is 0.0642. The molecule has 14 nitrogen and oxygen atoms in total. The number of nitrogens with zero attached hydrogens (tertiary/aromatic N) is 4. The van der Waals surface area contributed by atoms with E-state index in [2.05, 4.69) is 25.9 Å². The molecule has 0 aliphatic rings. The molecule has 0 fully saturated rings. The number of aromatic carboxylic acids is 1. The zero-order valence-electron chi connectivity index (χ0n) is 40.1. The minimum absolute atomic E-state index is 0.0329. The molecule has 2 heterocycles. The van der Waals surface area contributed by atoms with Crippen molar-refractivity contribution in [2.75, 3.05) is 44.5 Å². The molecule has 4 N–H and O–H groups in total. The van der Waals surface area contributed by atoms with Crippen molar-refractivity contribution < 1.29 is 68.8 Å². The van der Waals surface area contributed by atoms with Crippen molar-refractivity contribution in [2.45, 2.75) is 46.0 Å². The van der Waals surface area contributed by atoms with Gasteiger partial charge < -0.3 is 40.0 Å². The van der Waals surface area contributed by atoms with Crippen LogP contribution in [0, 0.1) is 25.5 Å². The summed E-state index contributed by atoms with van der Waals surface area (Å²) >= 11 is 0. The average molecular weight is 1030 g/mol. The average Bonchev–Trinajstić information content (AvgIpc) is 3.96. The Balaban J connectivity index is 0.000000217. The number of aromatic nitrogens is 4. The number of hydrogen-bond acceptors (Lipinski definition) is 10. The number of carbonyl (C=O) groups is 2. The number of aryl methyl sites for hydroxylation is 2. The van der Waals surface area contributed by atoms with Crippen LogP contribution in [-0.2, 0) is 0 Å². The van der Waals surface area contributed by atoms with E-state index in [0.29, 0.717) is 62.5 Å². The third-order valence-corrected chi connectivity index (χ3v) is 11.2. The Labute approximate surface area is 417 Å². The van der Waals surface area contributed by atoms with Crippen molar-refractivity contribution in [1.82, 2.24) is 24.4 Å². The summed E-state index contributed by atoms with van der Waals surface area (Å²) in [5.74, 6) is -1.62. The Morgan fingerprint density at radius 3 is 1.39 bits per heavy atom. The van der Waals surface area contributed by atoms with Gasteiger partial charge in [-0.05, 0) is 92.6 Å². The second-order valence-electron chi connectivity index (χ2n) is 16.5. The van der Waals surface area contributed by atoms with Crippen LogP contribution in [0.1, 0.15) is 51.6 Å². The molecular formula is C52H47F8N7O7. The number of fused-ring (bicyclic) bond motifs is 2. The lowest BCUT2D eigenvalue weighted by atomic mass is 10.1. The van der Waals surface area contributed by atoms with Crippen LogP contribution in [-0.4, -0.2) is 82.3 Å². The molecule has 0 aliphatic heterocycles. The smallest absolute Gasteiger partial charge is 0.390 e. The van der Waals surface area contributed by atoms with Crippen molar-refractivity contribution >= 4 is 45.3 Å². The van der Waals surface area contributed by atoms with Gasteiger partial charge in [0.25, 0.3) is 5.91 Å². The molecule has 0 atom stereocenters. The van der Waals surface area contributed by atoms with Gasteiger partial charge in [0.2, 0.25) is 0 Å². The second kappa shape index (κ2) is 22.5. The highest BCUT2D eigenvalue weighted by Gasteiger charge is 2.28. The van der Waals surface area contributed by atoms with E-state index in [9.17, 15) is 49.8 Å². The maximum Gasteiger partial charge on any atom is 0.390 e. The number of methoxy groups -OCH3 is 2. The van der Waals surface area contributed by atoms with E-state index in [1.807, 2.05) is 19.9 Å².